The molecule has 0 aliphatic carbocycles. The van der Waals surface area contributed by atoms with Crippen molar-refractivity contribution in [2.24, 2.45) is 0 Å². The Morgan fingerprint density at radius 1 is 0.944 bits per heavy atom. The zero-order valence-electron chi connectivity index (χ0n) is 10.6. The quantitative estimate of drug-likeness (QED) is 0.455. The van der Waals surface area contributed by atoms with Crippen LogP contribution in [0, 0.1) is 0 Å². The molecule has 0 heterocycles. The molecule has 0 saturated carbocycles. The molecule has 0 unspecified atom stereocenters. The summed E-state index contributed by atoms with van der Waals surface area (Å²) < 4.78 is 61.3. The van der Waals surface area contributed by atoms with Crippen molar-refractivity contribution in [2.75, 3.05) is 12.4 Å². The van der Waals surface area contributed by atoms with Crippen LogP contribution in [0.25, 0.3) is 0 Å². The van der Waals surface area contributed by atoms with Crippen LogP contribution in [-0.4, -0.2) is 27.0 Å². The highest BCUT2D eigenvalue weighted by Gasteiger charge is 2.30. The van der Waals surface area contributed by atoms with E-state index in [1.54, 1.807) is 0 Å². The van der Waals surface area contributed by atoms with Gasteiger partial charge in [0, 0.05) is 0 Å². The van der Waals surface area contributed by atoms with E-state index in [1.165, 1.54) is 0 Å². The second-order valence-electron chi connectivity index (χ2n) is 4.26. The zero-order chi connectivity index (χ0) is 14.1. The van der Waals surface area contributed by atoms with E-state index < -0.39 is 22.9 Å². The molecule has 0 radical (unpaired) electrons. The van der Waals surface area contributed by atoms with Crippen molar-refractivity contribution in [2.45, 2.75) is 58.0 Å². The monoisotopic (exact) mass is 290 g/mol. The van der Waals surface area contributed by atoms with Gasteiger partial charge in [-0.15, -0.1) is 0 Å². The fraction of sp³-hybridized carbons (Fsp3) is 1.00. The molecule has 0 aromatic heterocycles. The second-order valence-corrected chi connectivity index (χ2v) is 6.02. The largest absolute Gasteiger partial charge is 0.413 e. The van der Waals surface area contributed by atoms with Gasteiger partial charge in [0.2, 0.25) is 0 Å². The maximum atomic E-state index is 11.8. The summed E-state index contributed by atoms with van der Waals surface area (Å²) in [5.41, 5.74) is 0. The predicted octanol–water partition coefficient (Wildman–Crippen LogP) is 3.65. The Labute approximate surface area is 107 Å². The molecule has 0 rings (SSSR count). The molecule has 0 aliphatic rings. The molecule has 0 fully saturated rings. The number of hydrogen-bond donors (Lipinski definition) is 0. The molecule has 110 valence electrons. The summed E-state index contributed by atoms with van der Waals surface area (Å²) in [6.07, 6.45) is 1.82. The molecule has 0 aliphatic heterocycles. The number of hydrogen-bond acceptors (Lipinski definition) is 3. The van der Waals surface area contributed by atoms with Crippen LogP contribution in [0.5, 0.6) is 0 Å². The van der Waals surface area contributed by atoms with Gasteiger partial charge < -0.3 is 0 Å². The van der Waals surface area contributed by atoms with Crippen LogP contribution in [0.3, 0.4) is 0 Å². The van der Waals surface area contributed by atoms with Crippen molar-refractivity contribution in [3.8, 4) is 0 Å². The molecule has 0 amide bonds. The van der Waals surface area contributed by atoms with E-state index >= 15 is 0 Å². The standard InChI is InChI=1S/C11H21F3O3S/c1-2-3-4-5-6-7-8-9-18(15,16)17-10-11(12,13)14/h2-10H2,1H3. The molecule has 0 spiro atoms. The summed E-state index contributed by atoms with van der Waals surface area (Å²) in [4.78, 5) is 0. The van der Waals surface area contributed by atoms with Gasteiger partial charge in [-0.25, -0.2) is 0 Å². The number of halogens is 3. The Bertz CT molecular complexity index is 299. The van der Waals surface area contributed by atoms with E-state index in [1.807, 2.05) is 0 Å². The first-order chi connectivity index (χ1) is 8.27. The normalized spacial score (nSPS) is 12.9. The van der Waals surface area contributed by atoms with Crippen LogP contribution in [0.4, 0.5) is 13.2 Å². The van der Waals surface area contributed by atoms with Gasteiger partial charge in [-0.1, -0.05) is 45.4 Å². The number of unbranched alkanes of at least 4 members (excludes halogenated alkanes) is 6. The van der Waals surface area contributed by atoms with Gasteiger partial charge in [0.05, 0.1) is 5.75 Å². The van der Waals surface area contributed by atoms with Gasteiger partial charge in [0.25, 0.3) is 10.1 Å². The molecule has 0 N–H and O–H groups in total. The minimum atomic E-state index is -4.60. The Morgan fingerprint density at radius 2 is 1.44 bits per heavy atom. The van der Waals surface area contributed by atoms with Crippen molar-refractivity contribution in [1.82, 2.24) is 0 Å². The summed E-state index contributed by atoms with van der Waals surface area (Å²) in [6, 6.07) is 0. The van der Waals surface area contributed by atoms with Gasteiger partial charge in [-0.05, 0) is 6.42 Å². The van der Waals surface area contributed by atoms with Gasteiger partial charge in [0.15, 0.2) is 6.61 Å². The lowest BCUT2D eigenvalue weighted by molar-refractivity contribution is -0.152. The SMILES string of the molecule is CCCCCCCCCS(=O)(=O)OCC(F)(F)F. The van der Waals surface area contributed by atoms with E-state index in [-0.39, 0.29) is 5.75 Å². The van der Waals surface area contributed by atoms with Crippen molar-refractivity contribution < 1.29 is 25.8 Å². The molecule has 0 aromatic rings. The van der Waals surface area contributed by atoms with Gasteiger partial charge in [0.1, 0.15) is 0 Å². The highest BCUT2D eigenvalue weighted by Crippen LogP contribution is 2.16. The van der Waals surface area contributed by atoms with Gasteiger partial charge in [-0.3, -0.25) is 4.18 Å². The van der Waals surface area contributed by atoms with E-state index in [0.29, 0.717) is 12.8 Å². The lowest BCUT2D eigenvalue weighted by atomic mass is 10.1. The molecule has 0 bridgehead atoms. The summed E-state index contributed by atoms with van der Waals surface area (Å²) >= 11 is 0. The van der Waals surface area contributed by atoms with Crippen LogP contribution in [0.2, 0.25) is 0 Å². The van der Waals surface area contributed by atoms with Crippen LogP contribution in [0.15, 0.2) is 0 Å². The van der Waals surface area contributed by atoms with Gasteiger partial charge >= 0.3 is 6.18 Å². The van der Waals surface area contributed by atoms with Gasteiger partial charge in [-0.2, -0.15) is 21.6 Å². The Morgan fingerprint density at radius 3 is 1.94 bits per heavy atom. The minimum Gasteiger partial charge on any atom is -0.261 e. The van der Waals surface area contributed by atoms with Crippen LogP contribution in [0.1, 0.15) is 51.9 Å². The smallest absolute Gasteiger partial charge is 0.261 e. The maximum absolute atomic E-state index is 11.8. The zero-order valence-corrected chi connectivity index (χ0v) is 11.4. The predicted molar refractivity (Wildman–Crippen MR) is 63.8 cm³/mol. The highest BCUT2D eigenvalue weighted by atomic mass is 32.2. The molecule has 7 heteroatoms. The van der Waals surface area contributed by atoms with Crippen molar-refractivity contribution in [3.63, 3.8) is 0 Å². The molecule has 18 heavy (non-hydrogen) atoms. The van der Waals surface area contributed by atoms with E-state index in [2.05, 4.69) is 11.1 Å². The van der Waals surface area contributed by atoms with Crippen LogP contribution >= 0.6 is 0 Å². The minimum absolute atomic E-state index is 0.336. The summed E-state index contributed by atoms with van der Waals surface area (Å²) in [6.45, 7) is 0.371. The first-order valence-corrected chi connectivity index (χ1v) is 7.78. The molecule has 0 aromatic carbocycles. The Kier molecular flexibility index (Phi) is 8.60. The second kappa shape index (κ2) is 8.74. The lowest BCUT2D eigenvalue weighted by Gasteiger charge is -2.08. The van der Waals surface area contributed by atoms with Crippen molar-refractivity contribution >= 4 is 10.1 Å². The molecule has 0 atom stereocenters. The fourth-order valence-corrected chi connectivity index (χ4v) is 2.44. The average Bonchev–Trinajstić information content (AvgIpc) is 2.25. The third-order valence-electron chi connectivity index (χ3n) is 2.40. The van der Waals surface area contributed by atoms with E-state index in [0.717, 1.165) is 32.1 Å². The first kappa shape index (κ1) is 17.7. The maximum Gasteiger partial charge on any atom is 0.413 e. The Hall–Kier alpha value is -0.300. The summed E-state index contributed by atoms with van der Waals surface area (Å²) in [5.74, 6) is -0.336. The van der Waals surface area contributed by atoms with Crippen molar-refractivity contribution in [3.05, 3.63) is 0 Å². The van der Waals surface area contributed by atoms with E-state index in [9.17, 15) is 21.6 Å². The Balaban J connectivity index is 3.59. The topological polar surface area (TPSA) is 43.4 Å². The average molecular weight is 290 g/mol. The summed E-state index contributed by atoms with van der Waals surface area (Å²) in [7, 11) is -4.03. The molecular formula is C11H21F3O3S. The highest BCUT2D eigenvalue weighted by molar-refractivity contribution is 7.86. The third kappa shape index (κ3) is 12.2. The van der Waals surface area contributed by atoms with Crippen molar-refractivity contribution in [1.29, 1.82) is 0 Å². The van der Waals surface area contributed by atoms with E-state index in [4.69, 9.17) is 0 Å². The fourth-order valence-electron chi connectivity index (χ4n) is 1.45. The molecular weight excluding hydrogens is 269 g/mol. The number of alkyl halides is 3. The summed E-state index contributed by atoms with van der Waals surface area (Å²) in [5, 5.41) is 0. The molecule has 0 saturated heterocycles. The van der Waals surface area contributed by atoms with Crippen LogP contribution < -0.4 is 0 Å². The number of rotatable bonds is 10. The van der Waals surface area contributed by atoms with Crippen LogP contribution in [-0.2, 0) is 14.3 Å². The molecule has 3 nitrogen and oxygen atoms in total. The lowest BCUT2D eigenvalue weighted by Crippen LogP contribution is -2.22. The third-order valence-corrected chi connectivity index (χ3v) is 3.67. The first-order valence-electron chi connectivity index (χ1n) is 6.20.